The molecule has 5 heteroatoms. The molecule has 0 radical (unpaired) electrons. The molecule has 0 amide bonds. The van der Waals surface area contributed by atoms with Gasteiger partial charge in [-0.25, -0.2) is 4.79 Å². The fourth-order valence-corrected chi connectivity index (χ4v) is 2.46. The number of aromatic carboxylic acids is 1. The average molecular weight is 323 g/mol. The van der Waals surface area contributed by atoms with Gasteiger partial charge in [-0.3, -0.25) is 0 Å². The number of anilines is 1. The first-order valence-corrected chi connectivity index (χ1v) is 5.61. The van der Waals surface area contributed by atoms with Gasteiger partial charge in [-0.1, -0.05) is 15.9 Å². The summed E-state index contributed by atoms with van der Waals surface area (Å²) in [6.07, 6.45) is 0. The molecule has 0 spiro atoms. The zero-order valence-electron chi connectivity index (χ0n) is 7.47. The van der Waals surface area contributed by atoms with Gasteiger partial charge in [-0.05, 0) is 35.0 Å². The van der Waals surface area contributed by atoms with Crippen molar-refractivity contribution in [1.29, 1.82) is 0 Å². The topological polar surface area (TPSA) is 49.3 Å². The van der Waals surface area contributed by atoms with Gasteiger partial charge in [-0.2, -0.15) is 0 Å². The van der Waals surface area contributed by atoms with Crippen LogP contribution in [0.1, 0.15) is 17.3 Å². The molecule has 0 saturated carbocycles. The zero-order chi connectivity index (χ0) is 10.7. The quantitative estimate of drug-likeness (QED) is 0.897. The lowest BCUT2D eigenvalue weighted by atomic mass is 10.2. The zero-order valence-corrected chi connectivity index (χ0v) is 10.6. The maximum absolute atomic E-state index is 10.9. The molecule has 1 rings (SSSR count). The lowest BCUT2D eigenvalue weighted by Crippen LogP contribution is -2.06. The van der Waals surface area contributed by atoms with Crippen molar-refractivity contribution in [2.75, 3.05) is 11.9 Å². The minimum absolute atomic E-state index is 0.258. The highest BCUT2D eigenvalue weighted by atomic mass is 79.9. The Balaban J connectivity index is 3.28. The van der Waals surface area contributed by atoms with E-state index in [0.717, 1.165) is 8.95 Å². The minimum Gasteiger partial charge on any atom is -0.478 e. The summed E-state index contributed by atoms with van der Waals surface area (Å²) in [6.45, 7) is 2.60. The molecule has 1 aromatic rings. The van der Waals surface area contributed by atoms with Crippen molar-refractivity contribution in [3.63, 3.8) is 0 Å². The van der Waals surface area contributed by atoms with Crippen molar-refractivity contribution in [2.45, 2.75) is 6.92 Å². The van der Waals surface area contributed by atoms with Crippen LogP contribution in [-0.4, -0.2) is 17.6 Å². The first kappa shape index (κ1) is 11.5. The predicted octanol–water partition coefficient (Wildman–Crippen LogP) is 3.34. The summed E-state index contributed by atoms with van der Waals surface area (Å²) in [5.74, 6) is -0.942. The fraction of sp³-hybridized carbons (Fsp3) is 0.222. The molecule has 14 heavy (non-hydrogen) atoms. The molecule has 2 N–H and O–H groups in total. The van der Waals surface area contributed by atoms with Gasteiger partial charge in [0.1, 0.15) is 0 Å². The maximum atomic E-state index is 10.9. The molecular weight excluding hydrogens is 314 g/mol. The van der Waals surface area contributed by atoms with Crippen molar-refractivity contribution in [3.8, 4) is 0 Å². The van der Waals surface area contributed by atoms with Gasteiger partial charge in [0.25, 0.3) is 0 Å². The van der Waals surface area contributed by atoms with E-state index in [0.29, 0.717) is 12.2 Å². The maximum Gasteiger partial charge on any atom is 0.337 e. The Hall–Kier alpha value is -0.550. The second-order valence-corrected chi connectivity index (χ2v) is 4.42. The van der Waals surface area contributed by atoms with Crippen LogP contribution in [0.25, 0.3) is 0 Å². The van der Waals surface area contributed by atoms with Crippen LogP contribution in [0.2, 0.25) is 0 Å². The van der Waals surface area contributed by atoms with Gasteiger partial charge < -0.3 is 10.4 Å². The number of benzene rings is 1. The third-order valence-corrected chi connectivity index (χ3v) is 2.72. The Morgan fingerprint density at radius 1 is 1.50 bits per heavy atom. The number of nitrogens with one attached hydrogen (secondary N) is 1. The molecule has 1 aromatic carbocycles. The van der Waals surface area contributed by atoms with Crippen LogP contribution in [-0.2, 0) is 0 Å². The second-order valence-electron chi connectivity index (χ2n) is 2.65. The van der Waals surface area contributed by atoms with Gasteiger partial charge in [0.05, 0.1) is 11.3 Å². The standard InChI is InChI=1S/C9H9Br2NO2/c1-2-12-8-6(9(13)14)3-5(10)4-7(8)11/h3-4,12H,2H2,1H3,(H,13,14). The summed E-state index contributed by atoms with van der Waals surface area (Å²) in [5, 5.41) is 12.0. The molecule has 0 heterocycles. The molecule has 0 fully saturated rings. The van der Waals surface area contributed by atoms with Crippen LogP contribution >= 0.6 is 31.9 Å². The van der Waals surface area contributed by atoms with E-state index in [1.54, 1.807) is 6.07 Å². The first-order chi connectivity index (χ1) is 6.56. The lowest BCUT2D eigenvalue weighted by Gasteiger charge is -2.10. The van der Waals surface area contributed by atoms with E-state index in [2.05, 4.69) is 37.2 Å². The number of carboxylic acids is 1. The summed E-state index contributed by atoms with van der Waals surface area (Å²) in [4.78, 5) is 10.9. The highest BCUT2D eigenvalue weighted by Gasteiger charge is 2.13. The number of carbonyl (C=O) groups is 1. The summed E-state index contributed by atoms with van der Waals surface area (Å²) in [5.41, 5.74) is 0.872. The Bertz CT molecular complexity index is 366. The van der Waals surface area contributed by atoms with E-state index < -0.39 is 5.97 Å². The van der Waals surface area contributed by atoms with E-state index in [1.807, 2.05) is 13.0 Å². The summed E-state index contributed by atoms with van der Waals surface area (Å²) in [6, 6.07) is 3.38. The first-order valence-electron chi connectivity index (χ1n) is 4.02. The van der Waals surface area contributed by atoms with E-state index in [1.165, 1.54) is 0 Å². The Kier molecular flexibility index (Phi) is 3.95. The van der Waals surface area contributed by atoms with Crippen molar-refractivity contribution in [3.05, 3.63) is 26.6 Å². The SMILES string of the molecule is CCNc1c(Br)cc(Br)cc1C(=O)O. The number of hydrogen-bond donors (Lipinski definition) is 2. The number of carboxylic acid groups (broad SMARTS) is 1. The number of hydrogen-bond acceptors (Lipinski definition) is 2. The molecule has 0 aliphatic carbocycles. The van der Waals surface area contributed by atoms with E-state index in [9.17, 15) is 4.79 Å². The molecule has 0 aromatic heterocycles. The van der Waals surface area contributed by atoms with Crippen LogP contribution < -0.4 is 5.32 Å². The van der Waals surface area contributed by atoms with Crippen LogP contribution in [0, 0.1) is 0 Å². The van der Waals surface area contributed by atoms with Crippen LogP contribution in [0.3, 0.4) is 0 Å². The van der Waals surface area contributed by atoms with Crippen molar-refractivity contribution >= 4 is 43.5 Å². The third kappa shape index (κ3) is 2.48. The molecule has 3 nitrogen and oxygen atoms in total. The molecule has 0 aliphatic heterocycles. The Morgan fingerprint density at radius 3 is 2.64 bits per heavy atom. The average Bonchev–Trinajstić information content (AvgIpc) is 2.09. The Morgan fingerprint density at radius 2 is 2.14 bits per heavy atom. The molecule has 0 saturated heterocycles. The molecule has 0 aliphatic rings. The smallest absolute Gasteiger partial charge is 0.337 e. The van der Waals surface area contributed by atoms with E-state index in [-0.39, 0.29) is 5.56 Å². The normalized spacial score (nSPS) is 9.93. The monoisotopic (exact) mass is 321 g/mol. The summed E-state index contributed by atoms with van der Waals surface area (Å²) in [7, 11) is 0. The molecule has 76 valence electrons. The molecule has 0 atom stereocenters. The number of halogens is 2. The van der Waals surface area contributed by atoms with Crippen molar-refractivity contribution < 1.29 is 9.90 Å². The van der Waals surface area contributed by atoms with E-state index in [4.69, 9.17) is 5.11 Å². The van der Waals surface area contributed by atoms with Gasteiger partial charge in [-0.15, -0.1) is 0 Å². The van der Waals surface area contributed by atoms with Crippen molar-refractivity contribution in [2.24, 2.45) is 0 Å². The minimum atomic E-state index is -0.942. The third-order valence-electron chi connectivity index (χ3n) is 1.64. The van der Waals surface area contributed by atoms with Gasteiger partial charge in [0.15, 0.2) is 0 Å². The lowest BCUT2D eigenvalue weighted by molar-refractivity contribution is 0.0698. The van der Waals surface area contributed by atoms with Crippen LogP contribution in [0.4, 0.5) is 5.69 Å². The predicted molar refractivity (Wildman–Crippen MR) is 63.0 cm³/mol. The highest BCUT2D eigenvalue weighted by molar-refractivity contribution is 9.11. The highest BCUT2D eigenvalue weighted by Crippen LogP contribution is 2.30. The van der Waals surface area contributed by atoms with Gasteiger partial charge in [0, 0.05) is 15.5 Å². The fourth-order valence-electron chi connectivity index (χ4n) is 1.10. The van der Waals surface area contributed by atoms with Crippen LogP contribution in [0.5, 0.6) is 0 Å². The van der Waals surface area contributed by atoms with E-state index >= 15 is 0 Å². The summed E-state index contributed by atoms with van der Waals surface area (Å²) < 4.78 is 1.48. The molecule has 0 bridgehead atoms. The van der Waals surface area contributed by atoms with Crippen LogP contribution in [0.15, 0.2) is 21.1 Å². The van der Waals surface area contributed by atoms with Crippen molar-refractivity contribution in [1.82, 2.24) is 0 Å². The van der Waals surface area contributed by atoms with Gasteiger partial charge >= 0.3 is 5.97 Å². The largest absolute Gasteiger partial charge is 0.478 e. The number of rotatable bonds is 3. The summed E-state index contributed by atoms with van der Waals surface area (Å²) >= 11 is 6.56. The van der Waals surface area contributed by atoms with Gasteiger partial charge in [0.2, 0.25) is 0 Å². The Labute approximate surface area is 98.8 Å². The molecular formula is C9H9Br2NO2. The molecule has 0 unspecified atom stereocenters. The second kappa shape index (κ2) is 4.79.